The van der Waals surface area contributed by atoms with E-state index < -0.39 is 5.54 Å². The molecule has 1 saturated heterocycles. The predicted molar refractivity (Wildman–Crippen MR) is 81.5 cm³/mol. The molecule has 3 N–H and O–H groups in total. The molecule has 0 aromatic carbocycles. The smallest absolute Gasteiger partial charge is 0.221 e. The standard InChI is InChI=1S/C15H31N3O2/c1-12(2)9-13(18-5-7-20-8-6-18)11-17-14(19)10-15(3,4)16/h12-13H,5-11,16H2,1-4H3,(H,17,19). The Morgan fingerprint density at radius 3 is 2.45 bits per heavy atom. The summed E-state index contributed by atoms with van der Waals surface area (Å²) in [6.07, 6.45) is 1.46. The number of carbonyl (C=O) groups is 1. The van der Waals surface area contributed by atoms with E-state index in [9.17, 15) is 4.79 Å². The lowest BCUT2D eigenvalue weighted by atomic mass is 10.0. The highest BCUT2D eigenvalue weighted by molar-refractivity contribution is 5.77. The highest BCUT2D eigenvalue weighted by Crippen LogP contribution is 2.13. The van der Waals surface area contributed by atoms with Crippen LogP contribution in [0.15, 0.2) is 0 Å². The van der Waals surface area contributed by atoms with E-state index in [1.807, 2.05) is 13.8 Å². The highest BCUT2D eigenvalue weighted by atomic mass is 16.5. The number of nitrogens with one attached hydrogen (secondary N) is 1. The Bertz CT molecular complexity index is 294. The van der Waals surface area contributed by atoms with Gasteiger partial charge in [-0.25, -0.2) is 0 Å². The molecule has 1 rings (SSSR count). The molecule has 0 bridgehead atoms. The molecule has 0 spiro atoms. The van der Waals surface area contributed by atoms with Gasteiger partial charge in [0.2, 0.25) is 5.91 Å². The summed E-state index contributed by atoms with van der Waals surface area (Å²) < 4.78 is 5.40. The first-order valence-electron chi connectivity index (χ1n) is 7.65. The van der Waals surface area contributed by atoms with Gasteiger partial charge in [-0.2, -0.15) is 0 Å². The van der Waals surface area contributed by atoms with Crippen molar-refractivity contribution in [3.05, 3.63) is 0 Å². The molecule has 1 amide bonds. The van der Waals surface area contributed by atoms with Crippen LogP contribution in [-0.4, -0.2) is 55.2 Å². The van der Waals surface area contributed by atoms with Crippen molar-refractivity contribution in [1.82, 2.24) is 10.2 Å². The molecule has 1 heterocycles. The van der Waals surface area contributed by atoms with Crippen molar-refractivity contribution in [3.8, 4) is 0 Å². The van der Waals surface area contributed by atoms with Crippen LogP contribution in [0.25, 0.3) is 0 Å². The van der Waals surface area contributed by atoms with E-state index in [1.165, 1.54) is 0 Å². The first kappa shape index (κ1) is 17.4. The van der Waals surface area contributed by atoms with Crippen LogP contribution in [0.3, 0.4) is 0 Å². The van der Waals surface area contributed by atoms with Gasteiger partial charge in [0, 0.05) is 37.6 Å². The lowest BCUT2D eigenvalue weighted by Crippen LogP contribution is -2.50. The van der Waals surface area contributed by atoms with Gasteiger partial charge in [0.1, 0.15) is 0 Å². The summed E-state index contributed by atoms with van der Waals surface area (Å²) in [5, 5.41) is 3.04. The van der Waals surface area contributed by atoms with Gasteiger partial charge in [0.15, 0.2) is 0 Å². The third-order valence-corrected chi connectivity index (χ3v) is 3.46. The Labute approximate surface area is 123 Å². The first-order valence-corrected chi connectivity index (χ1v) is 7.65. The number of ether oxygens (including phenoxy) is 1. The normalized spacial score (nSPS) is 19.1. The van der Waals surface area contributed by atoms with Gasteiger partial charge in [-0.1, -0.05) is 13.8 Å². The molecule has 0 aliphatic carbocycles. The minimum Gasteiger partial charge on any atom is -0.379 e. The second kappa shape index (κ2) is 7.96. The van der Waals surface area contributed by atoms with E-state index >= 15 is 0 Å². The zero-order valence-corrected chi connectivity index (χ0v) is 13.4. The van der Waals surface area contributed by atoms with Gasteiger partial charge >= 0.3 is 0 Å². The van der Waals surface area contributed by atoms with Crippen LogP contribution in [0.1, 0.15) is 40.5 Å². The molecular formula is C15H31N3O2. The van der Waals surface area contributed by atoms with Crippen LogP contribution >= 0.6 is 0 Å². The van der Waals surface area contributed by atoms with Crippen LogP contribution in [0, 0.1) is 5.92 Å². The van der Waals surface area contributed by atoms with Crippen molar-refractivity contribution in [2.24, 2.45) is 11.7 Å². The monoisotopic (exact) mass is 285 g/mol. The van der Waals surface area contributed by atoms with Gasteiger partial charge in [0.25, 0.3) is 0 Å². The molecule has 118 valence electrons. The maximum atomic E-state index is 11.9. The van der Waals surface area contributed by atoms with E-state index in [1.54, 1.807) is 0 Å². The summed E-state index contributed by atoms with van der Waals surface area (Å²) in [7, 11) is 0. The third-order valence-electron chi connectivity index (χ3n) is 3.46. The first-order chi connectivity index (χ1) is 9.28. The van der Waals surface area contributed by atoms with Crippen molar-refractivity contribution in [2.45, 2.75) is 52.1 Å². The van der Waals surface area contributed by atoms with Crippen LogP contribution in [-0.2, 0) is 9.53 Å². The van der Waals surface area contributed by atoms with E-state index in [2.05, 4.69) is 24.1 Å². The summed E-state index contributed by atoms with van der Waals surface area (Å²) in [4.78, 5) is 14.3. The highest BCUT2D eigenvalue weighted by Gasteiger charge is 2.23. The molecule has 5 heteroatoms. The fourth-order valence-electron chi connectivity index (χ4n) is 2.56. The van der Waals surface area contributed by atoms with E-state index in [4.69, 9.17) is 10.5 Å². The van der Waals surface area contributed by atoms with Crippen LogP contribution < -0.4 is 11.1 Å². The van der Waals surface area contributed by atoms with Crippen molar-refractivity contribution in [2.75, 3.05) is 32.8 Å². The maximum Gasteiger partial charge on any atom is 0.221 e. The van der Waals surface area contributed by atoms with Crippen molar-refractivity contribution in [1.29, 1.82) is 0 Å². The van der Waals surface area contributed by atoms with Gasteiger partial charge in [-0.15, -0.1) is 0 Å². The number of amides is 1. The zero-order valence-electron chi connectivity index (χ0n) is 13.4. The fraction of sp³-hybridized carbons (Fsp3) is 0.933. The van der Waals surface area contributed by atoms with Crippen LogP contribution in [0.5, 0.6) is 0 Å². The number of nitrogens with two attached hydrogens (primary N) is 1. The maximum absolute atomic E-state index is 11.9. The Morgan fingerprint density at radius 2 is 1.95 bits per heavy atom. The SMILES string of the molecule is CC(C)CC(CNC(=O)CC(C)(C)N)N1CCOCC1. The van der Waals surface area contributed by atoms with Crippen LogP contribution in [0.2, 0.25) is 0 Å². The molecule has 1 aliphatic heterocycles. The fourth-order valence-corrected chi connectivity index (χ4v) is 2.56. The largest absolute Gasteiger partial charge is 0.379 e. The second-order valence-corrected chi connectivity index (χ2v) is 6.90. The summed E-state index contributed by atoms with van der Waals surface area (Å²) >= 11 is 0. The van der Waals surface area contributed by atoms with Crippen molar-refractivity contribution in [3.63, 3.8) is 0 Å². The molecule has 0 aromatic rings. The van der Waals surface area contributed by atoms with E-state index in [0.29, 0.717) is 24.9 Å². The molecule has 1 unspecified atom stereocenters. The Balaban J connectivity index is 2.45. The third kappa shape index (κ3) is 7.22. The topological polar surface area (TPSA) is 67.6 Å². The molecule has 1 atom stereocenters. The van der Waals surface area contributed by atoms with Crippen molar-refractivity contribution < 1.29 is 9.53 Å². The quantitative estimate of drug-likeness (QED) is 0.731. The van der Waals surface area contributed by atoms with Crippen molar-refractivity contribution >= 4 is 5.91 Å². The summed E-state index contributed by atoms with van der Waals surface area (Å²) in [5.74, 6) is 0.658. The number of carbonyl (C=O) groups excluding carboxylic acids is 1. The molecule has 20 heavy (non-hydrogen) atoms. The number of nitrogens with zero attached hydrogens (tertiary/aromatic N) is 1. The summed E-state index contributed by atoms with van der Waals surface area (Å²) in [6, 6.07) is 0.392. The van der Waals surface area contributed by atoms with E-state index in [-0.39, 0.29) is 5.91 Å². The molecule has 1 fully saturated rings. The minimum atomic E-state index is -0.448. The predicted octanol–water partition coefficient (Wildman–Crippen LogP) is 0.977. The Morgan fingerprint density at radius 1 is 1.35 bits per heavy atom. The summed E-state index contributed by atoms with van der Waals surface area (Å²) in [5.41, 5.74) is 5.43. The van der Waals surface area contributed by atoms with Gasteiger partial charge in [-0.3, -0.25) is 9.69 Å². The average molecular weight is 285 g/mol. The van der Waals surface area contributed by atoms with Gasteiger partial charge in [0.05, 0.1) is 13.2 Å². The average Bonchev–Trinajstić information content (AvgIpc) is 2.33. The molecule has 0 radical (unpaired) electrons. The second-order valence-electron chi connectivity index (χ2n) is 6.90. The van der Waals surface area contributed by atoms with Gasteiger partial charge < -0.3 is 15.8 Å². The molecule has 5 nitrogen and oxygen atoms in total. The van der Waals surface area contributed by atoms with Crippen LogP contribution in [0.4, 0.5) is 0 Å². The Kier molecular flexibility index (Phi) is 6.92. The minimum absolute atomic E-state index is 0.0412. The molecule has 0 saturated carbocycles. The molecular weight excluding hydrogens is 254 g/mol. The Hall–Kier alpha value is -0.650. The number of morpholine rings is 1. The number of hydrogen-bond acceptors (Lipinski definition) is 4. The molecule has 0 aromatic heterocycles. The lowest BCUT2D eigenvalue weighted by Gasteiger charge is -2.35. The van der Waals surface area contributed by atoms with E-state index in [0.717, 1.165) is 32.7 Å². The number of rotatable bonds is 7. The van der Waals surface area contributed by atoms with Gasteiger partial charge in [-0.05, 0) is 26.2 Å². The summed E-state index contributed by atoms with van der Waals surface area (Å²) in [6.45, 7) is 12.4. The number of hydrogen-bond donors (Lipinski definition) is 2. The zero-order chi connectivity index (χ0) is 15.2. The molecule has 1 aliphatic rings. The lowest BCUT2D eigenvalue weighted by molar-refractivity contribution is -0.122.